The lowest BCUT2D eigenvalue weighted by Crippen LogP contribution is -2.26. The average Bonchev–Trinajstić information content (AvgIpc) is 2.54. The summed E-state index contributed by atoms with van der Waals surface area (Å²) < 4.78 is 0. The van der Waals surface area contributed by atoms with E-state index in [-0.39, 0.29) is 11.9 Å². The number of rotatable bonds is 6. The molecule has 0 aliphatic rings. The van der Waals surface area contributed by atoms with Gasteiger partial charge in [-0.3, -0.25) is 9.78 Å². The summed E-state index contributed by atoms with van der Waals surface area (Å²) in [5.41, 5.74) is 8.70. The smallest absolute Gasteiger partial charge is 0.220 e. The minimum atomic E-state index is -0.00165. The van der Waals surface area contributed by atoms with Crippen LogP contribution in [0, 0.1) is 0 Å². The Morgan fingerprint density at radius 2 is 2.00 bits per heavy atom. The van der Waals surface area contributed by atoms with E-state index in [0.717, 1.165) is 23.1 Å². The van der Waals surface area contributed by atoms with E-state index in [1.165, 1.54) is 0 Å². The molecule has 0 aliphatic carbocycles. The number of nitrogens with zero attached hydrogens (tertiary/aromatic N) is 1. The summed E-state index contributed by atoms with van der Waals surface area (Å²) in [4.78, 5) is 15.8. The summed E-state index contributed by atoms with van der Waals surface area (Å²) in [6.45, 7) is 2.53. The van der Waals surface area contributed by atoms with Crippen LogP contribution in [0.15, 0.2) is 48.8 Å². The van der Waals surface area contributed by atoms with Gasteiger partial charge in [0.2, 0.25) is 5.91 Å². The van der Waals surface area contributed by atoms with Crippen molar-refractivity contribution in [2.45, 2.75) is 25.8 Å². The number of amides is 1. The van der Waals surface area contributed by atoms with Crippen molar-refractivity contribution >= 4 is 5.91 Å². The Morgan fingerprint density at radius 3 is 2.62 bits per heavy atom. The van der Waals surface area contributed by atoms with Gasteiger partial charge in [-0.15, -0.1) is 0 Å². The number of carbonyl (C=O) groups is 1. The Labute approximate surface area is 125 Å². The number of nitrogens with two attached hydrogens (primary N) is 1. The normalized spacial score (nSPS) is 11.9. The fraction of sp³-hybridized carbons (Fsp3) is 0.294. The standard InChI is InChI=1S/C17H21N3O/c1-13(20-17(21)5-2-10-18)14-6-8-15(9-7-14)16-4-3-11-19-12-16/h3-4,6-9,11-13H,2,5,10,18H2,1H3,(H,20,21). The Hall–Kier alpha value is -2.20. The lowest BCUT2D eigenvalue weighted by atomic mass is 10.0. The number of hydrogen-bond donors (Lipinski definition) is 2. The molecule has 0 fully saturated rings. The van der Waals surface area contributed by atoms with Crippen LogP contribution in [0.3, 0.4) is 0 Å². The van der Waals surface area contributed by atoms with Gasteiger partial charge in [0.25, 0.3) is 0 Å². The molecule has 0 saturated carbocycles. The Balaban J connectivity index is 2.00. The number of nitrogens with one attached hydrogen (secondary N) is 1. The number of pyridine rings is 1. The van der Waals surface area contributed by atoms with Crippen LogP contribution in [-0.4, -0.2) is 17.4 Å². The molecule has 0 aliphatic heterocycles. The van der Waals surface area contributed by atoms with Crippen molar-refractivity contribution in [3.8, 4) is 11.1 Å². The molecule has 21 heavy (non-hydrogen) atoms. The zero-order valence-corrected chi connectivity index (χ0v) is 12.3. The van der Waals surface area contributed by atoms with Crippen molar-refractivity contribution in [2.24, 2.45) is 5.73 Å². The van der Waals surface area contributed by atoms with E-state index in [0.29, 0.717) is 13.0 Å². The molecule has 110 valence electrons. The van der Waals surface area contributed by atoms with Gasteiger partial charge in [-0.05, 0) is 42.6 Å². The lowest BCUT2D eigenvalue weighted by molar-refractivity contribution is -0.121. The van der Waals surface area contributed by atoms with Crippen molar-refractivity contribution in [3.05, 3.63) is 54.4 Å². The van der Waals surface area contributed by atoms with Gasteiger partial charge in [-0.1, -0.05) is 30.3 Å². The molecule has 0 saturated heterocycles. The van der Waals surface area contributed by atoms with Crippen LogP contribution in [0.1, 0.15) is 31.4 Å². The van der Waals surface area contributed by atoms with Gasteiger partial charge < -0.3 is 11.1 Å². The number of carbonyl (C=O) groups excluding carboxylic acids is 1. The zero-order valence-electron chi connectivity index (χ0n) is 12.3. The fourth-order valence-electron chi connectivity index (χ4n) is 2.16. The summed E-state index contributed by atoms with van der Waals surface area (Å²) in [7, 11) is 0. The molecule has 2 rings (SSSR count). The molecule has 1 amide bonds. The number of benzene rings is 1. The van der Waals surface area contributed by atoms with Crippen molar-refractivity contribution in [2.75, 3.05) is 6.54 Å². The van der Waals surface area contributed by atoms with Crippen molar-refractivity contribution in [1.82, 2.24) is 10.3 Å². The van der Waals surface area contributed by atoms with Crippen LogP contribution in [-0.2, 0) is 4.79 Å². The van der Waals surface area contributed by atoms with Crippen LogP contribution < -0.4 is 11.1 Å². The molecular weight excluding hydrogens is 262 g/mol. The molecule has 2 aromatic rings. The molecule has 4 nitrogen and oxygen atoms in total. The zero-order chi connectivity index (χ0) is 15.1. The van der Waals surface area contributed by atoms with E-state index in [2.05, 4.69) is 22.4 Å². The van der Waals surface area contributed by atoms with E-state index in [1.54, 1.807) is 6.20 Å². The van der Waals surface area contributed by atoms with Crippen LogP contribution in [0.2, 0.25) is 0 Å². The maximum absolute atomic E-state index is 11.7. The topological polar surface area (TPSA) is 68.0 Å². The highest BCUT2D eigenvalue weighted by molar-refractivity contribution is 5.76. The first kappa shape index (κ1) is 15.2. The van der Waals surface area contributed by atoms with E-state index in [4.69, 9.17) is 5.73 Å². The van der Waals surface area contributed by atoms with Crippen LogP contribution >= 0.6 is 0 Å². The quantitative estimate of drug-likeness (QED) is 0.856. The molecule has 0 radical (unpaired) electrons. The molecule has 1 aromatic heterocycles. The van der Waals surface area contributed by atoms with Gasteiger partial charge in [0, 0.05) is 18.8 Å². The second-order valence-electron chi connectivity index (χ2n) is 5.05. The largest absolute Gasteiger partial charge is 0.350 e. The maximum atomic E-state index is 11.7. The first-order valence-electron chi connectivity index (χ1n) is 7.20. The Kier molecular flexibility index (Phi) is 5.46. The van der Waals surface area contributed by atoms with Gasteiger partial charge >= 0.3 is 0 Å². The lowest BCUT2D eigenvalue weighted by Gasteiger charge is -2.15. The maximum Gasteiger partial charge on any atom is 0.220 e. The fourth-order valence-corrected chi connectivity index (χ4v) is 2.16. The number of aromatic nitrogens is 1. The van der Waals surface area contributed by atoms with Crippen LogP contribution in [0.25, 0.3) is 11.1 Å². The predicted octanol–water partition coefficient (Wildman–Crippen LogP) is 2.66. The van der Waals surface area contributed by atoms with Crippen LogP contribution in [0.5, 0.6) is 0 Å². The van der Waals surface area contributed by atoms with Crippen molar-refractivity contribution in [3.63, 3.8) is 0 Å². The number of hydrogen-bond acceptors (Lipinski definition) is 3. The SMILES string of the molecule is CC(NC(=O)CCCN)c1ccc(-c2cccnc2)cc1. The van der Waals surface area contributed by atoms with Gasteiger partial charge in [0.15, 0.2) is 0 Å². The summed E-state index contributed by atoms with van der Waals surface area (Å²) in [5.74, 6) is 0.0456. The first-order valence-corrected chi connectivity index (χ1v) is 7.20. The minimum Gasteiger partial charge on any atom is -0.350 e. The highest BCUT2D eigenvalue weighted by Gasteiger charge is 2.09. The highest BCUT2D eigenvalue weighted by atomic mass is 16.1. The average molecular weight is 283 g/mol. The van der Waals surface area contributed by atoms with E-state index in [9.17, 15) is 4.79 Å². The molecule has 4 heteroatoms. The first-order chi connectivity index (χ1) is 10.2. The molecule has 1 atom stereocenters. The van der Waals surface area contributed by atoms with Crippen molar-refractivity contribution in [1.29, 1.82) is 0 Å². The molecule has 1 heterocycles. The highest BCUT2D eigenvalue weighted by Crippen LogP contribution is 2.21. The second-order valence-corrected chi connectivity index (χ2v) is 5.05. The Morgan fingerprint density at radius 1 is 1.24 bits per heavy atom. The summed E-state index contributed by atoms with van der Waals surface area (Å²) in [6, 6.07) is 12.1. The summed E-state index contributed by atoms with van der Waals surface area (Å²) in [5, 5.41) is 2.98. The van der Waals surface area contributed by atoms with E-state index < -0.39 is 0 Å². The third-order valence-electron chi connectivity index (χ3n) is 3.39. The minimum absolute atomic E-state index is 0.00165. The van der Waals surface area contributed by atoms with Gasteiger partial charge in [0.05, 0.1) is 6.04 Å². The molecule has 1 aromatic carbocycles. The molecule has 0 bridgehead atoms. The Bertz CT molecular complexity index is 566. The second kappa shape index (κ2) is 7.55. The molecule has 0 spiro atoms. The summed E-state index contributed by atoms with van der Waals surface area (Å²) >= 11 is 0. The van der Waals surface area contributed by atoms with Gasteiger partial charge in [0.1, 0.15) is 0 Å². The van der Waals surface area contributed by atoms with Crippen LogP contribution in [0.4, 0.5) is 0 Å². The molecule has 1 unspecified atom stereocenters. The summed E-state index contributed by atoms with van der Waals surface area (Å²) in [6.07, 6.45) is 4.80. The third kappa shape index (κ3) is 4.39. The third-order valence-corrected chi connectivity index (χ3v) is 3.39. The molecular formula is C17H21N3O. The van der Waals surface area contributed by atoms with E-state index in [1.807, 2.05) is 37.4 Å². The predicted molar refractivity (Wildman–Crippen MR) is 84.5 cm³/mol. The van der Waals surface area contributed by atoms with Gasteiger partial charge in [-0.2, -0.15) is 0 Å². The monoisotopic (exact) mass is 283 g/mol. The van der Waals surface area contributed by atoms with Gasteiger partial charge in [-0.25, -0.2) is 0 Å². The van der Waals surface area contributed by atoms with E-state index >= 15 is 0 Å². The molecule has 3 N–H and O–H groups in total. The van der Waals surface area contributed by atoms with Crippen molar-refractivity contribution < 1.29 is 4.79 Å².